The summed E-state index contributed by atoms with van der Waals surface area (Å²) in [6.07, 6.45) is 3.77. The molecule has 1 aromatic carbocycles. The lowest BCUT2D eigenvalue weighted by atomic mass is 9.86. The number of aromatic nitrogens is 3. The average molecular weight is 283 g/mol. The lowest BCUT2D eigenvalue weighted by Gasteiger charge is -2.24. The van der Waals surface area contributed by atoms with Crippen LogP contribution in [0.2, 0.25) is 0 Å². The largest absolute Gasteiger partial charge is 0.426 e. The van der Waals surface area contributed by atoms with Crippen LogP contribution in [0.5, 0.6) is 5.75 Å². The first-order valence-electron chi connectivity index (χ1n) is 6.18. The third-order valence-electron chi connectivity index (χ3n) is 3.48. The first-order chi connectivity index (χ1) is 9.83. The Morgan fingerprint density at radius 2 is 2.00 bits per heavy atom. The number of nitrogens with zero attached hydrogens (tertiary/aromatic N) is 3. The number of esters is 1. The van der Waals surface area contributed by atoms with Gasteiger partial charge in [0.1, 0.15) is 16.8 Å². The zero-order chi connectivity index (χ0) is 13.5. The molecular formula is C14H9N3O2S. The number of hydrogen-bond acceptors (Lipinski definition) is 6. The summed E-state index contributed by atoms with van der Waals surface area (Å²) in [5, 5.41) is 0. The molecule has 0 saturated carbocycles. The molecule has 0 bridgehead atoms. The number of ether oxygens (including phenoxy) is 1. The summed E-state index contributed by atoms with van der Waals surface area (Å²) in [6, 6.07) is 7.47. The van der Waals surface area contributed by atoms with Gasteiger partial charge in [-0.15, -0.1) is 0 Å². The van der Waals surface area contributed by atoms with Gasteiger partial charge >= 0.3 is 5.97 Å². The van der Waals surface area contributed by atoms with Gasteiger partial charge in [0.05, 0.1) is 18.1 Å². The fourth-order valence-corrected chi connectivity index (χ4v) is 3.14. The first-order valence-corrected chi connectivity index (χ1v) is 6.92. The van der Waals surface area contributed by atoms with Crippen molar-refractivity contribution in [2.24, 2.45) is 0 Å². The molecule has 0 radical (unpaired) electrons. The van der Waals surface area contributed by atoms with E-state index in [-0.39, 0.29) is 11.9 Å². The van der Waals surface area contributed by atoms with E-state index < -0.39 is 0 Å². The predicted octanol–water partition coefficient (Wildman–Crippen LogP) is 2.53. The minimum atomic E-state index is -0.221. The molecule has 5 nitrogen and oxygen atoms in total. The molecule has 20 heavy (non-hydrogen) atoms. The van der Waals surface area contributed by atoms with Gasteiger partial charge in [-0.25, -0.2) is 0 Å². The van der Waals surface area contributed by atoms with Gasteiger partial charge in [0, 0.05) is 23.9 Å². The highest BCUT2D eigenvalue weighted by molar-refractivity contribution is 7.00. The highest BCUT2D eigenvalue weighted by atomic mass is 32.1. The van der Waals surface area contributed by atoms with E-state index >= 15 is 0 Å². The van der Waals surface area contributed by atoms with Gasteiger partial charge in [0.15, 0.2) is 0 Å². The van der Waals surface area contributed by atoms with E-state index in [1.807, 2.05) is 18.2 Å². The summed E-state index contributed by atoms with van der Waals surface area (Å²) in [4.78, 5) is 15.8. The third kappa shape index (κ3) is 1.69. The zero-order valence-corrected chi connectivity index (χ0v) is 11.1. The van der Waals surface area contributed by atoms with E-state index in [2.05, 4.69) is 13.7 Å². The van der Waals surface area contributed by atoms with Crippen LogP contribution in [0.25, 0.3) is 11.0 Å². The van der Waals surface area contributed by atoms with Crippen molar-refractivity contribution in [3.63, 3.8) is 0 Å². The Bertz CT molecular complexity index is 801. The standard InChI is InChI=1S/C14H9N3O2S/c18-12-7-9(8-3-5-15-6-4-8)13-11(19-12)2-1-10-14(13)17-20-16-10/h1-6,9H,7H2. The van der Waals surface area contributed by atoms with Gasteiger partial charge in [0.2, 0.25) is 0 Å². The van der Waals surface area contributed by atoms with Gasteiger partial charge in [-0.3, -0.25) is 9.78 Å². The highest BCUT2D eigenvalue weighted by Gasteiger charge is 2.31. The van der Waals surface area contributed by atoms with E-state index in [4.69, 9.17) is 4.74 Å². The summed E-state index contributed by atoms with van der Waals surface area (Å²) in [6.45, 7) is 0. The molecule has 98 valence electrons. The van der Waals surface area contributed by atoms with E-state index in [0.717, 1.165) is 22.2 Å². The second-order valence-corrected chi connectivity index (χ2v) is 5.15. The maximum atomic E-state index is 11.8. The number of carbonyl (C=O) groups is 1. The Labute approximate surface area is 118 Å². The molecule has 0 amide bonds. The normalized spacial score (nSPS) is 17.8. The average Bonchev–Trinajstić information content (AvgIpc) is 2.95. The third-order valence-corrected chi connectivity index (χ3v) is 4.02. The van der Waals surface area contributed by atoms with Crippen LogP contribution in [0.4, 0.5) is 0 Å². The highest BCUT2D eigenvalue weighted by Crippen LogP contribution is 2.42. The van der Waals surface area contributed by atoms with Crippen LogP contribution in [0.1, 0.15) is 23.5 Å². The number of fused-ring (bicyclic) bond motifs is 3. The van der Waals surface area contributed by atoms with E-state index in [1.165, 1.54) is 11.7 Å². The van der Waals surface area contributed by atoms with Crippen molar-refractivity contribution in [3.05, 3.63) is 47.8 Å². The van der Waals surface area contributed by atoms with Crippen molar-refractivity contribution >= 4 is 28.7 Å². The van der Waals surface area contributed by atoms with Gasteiger partial charge < -0.3 is 4.74 Å². The van der Waals surface area contributed by atoms with E-state index in [1.54, 1.807) is 18.5 Å². The predicted molar refractivity (Wildman–Crippen MR) is 73.7 cm³/mol. The van der Waals surface area contributed by atoms with Gasteiger partial charge in [-0.1, -0.05) is 0 Å². The molecule has 1 unspecified atom stereocenters. The summed E-state index contributed by atoms with van der Waals surface area (Å²) < 4.78 is 14.0. The van der Waals surface area contributed by atoms with Crippen molar-refractivity contribution in [1.82, 2.24) is 13.7 Å². The molecule has 1 atom stereocenters. The molecule has 1 aliphatic rings. The fourth-order valence-electron chi connectivity index (χ4n) is 2.59. The van der Waals surface area contributed by atoms with Crippen molar-refractivity contribution < 1.29 is 9.53 Å². The number of benzene rings is 1. The molecule has 0 fully saturated rings. The number of rotatable bonds is 1. The molecule has 3 heterocycles. The van der Waals surface area contributed by atoms with Crippen LogP contribution in [-0.2, 0) is 4.79 Å². The summed E-state index contributed by atoms with van der Waals surface area (Å²) in [7, 11) is 0. The zero-order valence-electron chi connectivity index (χ0n) is 10.3. The topological polar surface area (TPSA) is 65.0 Å². The van der Waals surface area contributed by atoms with Gasteiger partial charge in [-0.2, -0.15) is 8.75 Å². The van der Waals surface area contributed by atoms with Gasteiger partial charge in [-0.05, 0) is 29.8 Å². The van der Waals surface area contributed by atoms with Crippen LogP contribution >= 0.6 is 11.7 Å². The molecule has 2 aromatic heterocycles. The Hall–Kier alpha value is -2.34. The Morgan fingerprint density at radius 1 is 1.15 bits per heavy atom. The number of carbonyl (C=O) groups excluding carboxylic acids is 1. The molecule has 0 aliphatic carbocycles. The minimum absolute atomic E-state index is 0.0538. The SMILES string of the molecule is O=C1CC(c2ccncc2)c2c(ccc3nsnc23)O1. The van der Waals surface area contributed by atoms with Crippen molar-refractivity contribution in [2.75, 3.05) is 0 Å². The van der Waals surface area contributed by atoms with Gasteiger partial charge in [0.25, 0.3) is 0 Å². The number of hydrogen-bond donors (Lipinski definition) is 0. The first kappa shape index (κ1) is 11.5. The van der Waals surface area contributed by atoms with Crippen LogP contribution in [0, 0.1) is 0 Å². The van der Waals surface area contributed by atoms with Crippen LogP contribution in [0.3, 0.4) is 0 Å². The smallest absolute Gasteiger partial charge is 0.312 e. The molecule has 0 saturated heterocycles. The maximum Gasteiger partial charge on any atom is 0.312 e. The Kier molecular flexibility index (Phi) is 2.50. The lowest BCUT2D eigenvalue weighted by molar-refractivity contribution is -0.135. The molecular weight excluding hydrogens is 274 g/mol. The Balaban J connectivity index is 1.99. The lowest BCUT2D eigenvalue weighted by Crippen LogP contribution is -2.21. The molecule has 3 aromatic rings. The monoisotopic (exact) mass is 283 g/mol. The fraction of sp³-hybridized carbons (Fsp3) is 0.143. The second kappa shape index (κ2) is 4.35. The molecule has 6 heteroatoms. The number of pyridine rings is 1. The van der Waals surface area contributed by atoms with E-state index in [9.17, 15) is 4.79 Å². The summed E-state index contributed by atoms with van der Waals surface area (Å²) in [5.74, 6) is 0.312. The molecule has 1 aliphatic heterocycles. The van der Waals surface area contributed by atoms with E-state index in [0.29, 0.717) is 12.2 Å². The summed E-state index contributed by atoms with van der Waals surface area (Å²) in [5.41, 5.74) is 3.65. The van der Waals surface area contributed by atoms with Crippen LogP contribution in [-0.4, -0.2) is 19.7 Å². The summed E-state index contributed by atoms with van der Waals surface area (Å²) >= 11 is 1.17. The minimum Gasteiger partial charge on any atom is -0.426 e. The Morgan fingerprint density at radius 3 is 2.85 bits per heavy atom. The van der Waals surface area contributed by atoms with Crippen molar-refractivity contribution in [3.8, 4) is 5.75 Å². The molecule has 0 spiro atoms. The molecule has 4 rings (SSSR count). The maximum absolute atomic E-state index is 11.8. The van der Waals surface area contributed by atoms with Crippen LogP contribution in [0.15, 0.2) is 36.7 Å². The van der Waals surface area contributed by atoms with Crippen molar-refractivity contribution in [1.29, 1.82) is 0 Å². The van der Waals surface area contributed by atoms with Crippen LogP contribution < -0.4 is 4.74 Å². The van der Waals surface area contributed by atoms with Crippen molar-refractivity contribution in [2.45, 2.75) is 12.3 Å². The second-order valence-electron chi connectivity index (χ2n) is 4.62. The quantitative estimate of drug-likeness (QED) is 0.507. The molecule has 0 N–H and O–H groups in total.